The first-order valence-electron chi connectivity index (χ1n) is 8.15. The van der Waals surface area contributed by atoms with Crippen molar-refractivity contribution in [3.63, 3.8) is 0 Å². The average Bonchev–Trinajstić information content (AvgIpc) is 2.63. The van der Waals surface area contributed by atoms with Gasteiger partial charge in [-0.3, -0.25) is 4.90 Å². The minimum absolute atomic E-state index is 0.367. The maximum atomic E-state index is 12.8. The van der Waals surface area contributed by atoms with Crippen molar-refractivity contribution in [3.05, 3.63) is 96.6 Å². The molecule has 0 aliphatic carbocycles. The number of hydrogen-bond donors (Lipinski definition) is 0. The highest BCUT2D eigenvalue weighted by Crippen LogP contribution is 2.30. The fraction of sp³-hybridized carbons (Fsp3) is 0.182. The topological polar surface area (TPSA) is 3.24 Å². The summed E-state index contributed by atoms with van der Waals surface area (Å²) in [5.74, 6) is 6.28. The fourth-order valence-electron chi connectivity index (χ4n) is 2.53. The average molecular weight is 355 g/mol. The van der Waals surface area contributed by atoms with Crippen molar-refractivity contribution in [2.24, 2.45) is 0 Å². The van der Waals surface area contributed by atoms with E-state index < -0.39 is 11.7 Å². The van der Waals surface area contributed by atoms with E-state index in [0.717, 1.165) is 17.7 Å². The highest BCUT2D eigenvalue weighted by Gasteiger charge is 2.30. The molecule has 26 heavy (non-hydrogen) atoms. The first kappa shape index (κ1) is 19.6. The number of alkyl halides is 3. The Hall–Kier alpha value is -2.77. The second-order valence-corrected chi connectivity index (χ2v) is 5.69. The Balaban J connectivity index is 2.40. The third-order valence-corrected chi connectivity index (χ3v) is 3.77. The molecule has 1 atom stereocenters. The van der Waals surface area contributed by atoms with Gasteiger partial charge in [0.05, 0.1) is 11.6 Å². The molecule has 0 aliphatic rings. The van der Waals surface area contributed by atoms with Crippen LogP contribution < -0.4 is 0 Å². The van der Waals surface area contributed by atoms with E-state index in [-0.39, 0.29) is 6.04 Å². The second-order valence-electron chi connectivity index (χ2n) is 5.69. The van der Waals surface area contributed by atoms with Crippen LogP contribution in [0.15, 0.2) is 79.9 Å². The predicted octanol–water partition coefficient (Wildman–Crippen LogP) is 5.47. The molecule has 0 unspecified atom stereocenters. The van der Waals surface area contributed by atoms with Crippen molar-refractivity contribution < 1.29 is 13.2 Å². The lowest BCUT2D eigenvalue weighted by Gasteiger charge is -2.26. The molecule has 2 aromatic rings. The van der Waals surface area contributed by atoms with Gasteiger partial charge in [0.1, 0.15) is 0 Å². The van der Waals surface area contributed by atoms with Crippen LogP contribution in [0.25, 0.3) is 0 Å². The van der Waals surface area contributed by atoms with Gasteiger partial charge in [0.2, 0.25) is 0 Å². The number of rotatable bonds is 6. The normalized spacial score (nSPS) is 12.2. The molecular formula is C22H20F3N. The van der Waals surface area contributed by atoms with E-state index >= 15 is 0 Å². The van der Waals surface area contributed by atoms with Gasteiger partial charge in [-0.2, -0.15) is 13.2 Å². The van der Waals surface area contributed by atoms with Gasteiger partial charge in [-0.15, -0.1) is 13.2 Å². The van der Waals surface area contributed by atoms with Gasteiger partial charge >= 0.3 is 6.18 Å². The third-order valence-electron chi connectivity index (χ3n) is 3.77. The summed E-state index contributed by atoms with van der Waals surface area (Å²) in [5, 5.41) is 0. The minimum atomic E-state index is -4.36. The Labute approximate surface area is 152 Å². The molecule has 0 bridgehead atoms. The van der Waals surface area contributed by atoms with Gasteiger partial charge in [-0.1, -0.05) is 54.3 Å². The summed E-state index contributed by atoms with van der Waals surface area (Å²) in [4.78, 5) is 2.00. The van der Waals surface area contributed by atoms with E-state index in [0.29, 0.717) is 18.7 Å². The summed E-state index contributed by atoms with van der Waals surface area (Å²) in [6.07, 6.45) is -0.874. The van der Waals surface area contributed by atoms with Crippen LogP contribution in [0.5, 0.6) is 0 Å². The van der Waals surface area contributed by atoms with Crippen LogP contribution >= 0.6 is 0 Å². The monoisotopic (exact) mass is 355 g/mol. The molecule has 0 heterocycles. The Bertz CT molecular complexity index is 770. The number of halogens is 3. The predicted molar refractivity (Wildman–Crippen MR) is 99.5 cm³/mol. The zero-order valence-electron chi connectivity index (χ0n) is 14.3. The van der Waals surface area contributed by atoms with Crippen molar-refractivity contribution in [1.29, 1.82) is 0 Å². The van der Waals surface area contributed by atoms with Crippen molar-refractivity contribution in [1.82, 2.24) is 4.90 Å². The summed E-state index contributed by atoms with van der Waals surface area (Å²) in [5.41, 5.74) is 0.877. The Morgan fingerprint density at radius 1 is 0.923 bits per heavy atom. The molecule has 0 amide bonds. The zero-order chi connectivity index (χ0) is 19.0. The molecule has 2 aromatic carbocycles. The summed E-state index contributed by atoms with van der Waals surface area (Å²) in [6.45, 7) is 8.59. The second kappa shape index (κ2) is 9.07. The molecule has 0 saturated heterocycles. The molecule has 0 spiro atoms. The lowest BCUT2D eigenvalue weighted by molar-refractivity contribution is -0.137. The fourth-order valence-corrected chi connectivity index (χ4v) is 2.53. The van der Waals surface area contributed by atoms with Crippen molar-refractivity contribution in [2.45, 2.75) is 12.2 Å². The van der Waals surface area contributed by atoms with Gasteiger partial charge < -0.3 is 0 Å². The van der Waals surface area contributed by atoms with E-state index in [1.54, 1.807) is 12.2 Å². The molecule has 134 valence electrons. The quantitative estimate of drug-likeness (QED) is 0.490. The summed E-state index contributed by atoms with van der Waals surface area (Å²) in [7, 11) is 0. The Morgan fingerprint density at radius 2 is 1.50 bits per heavy atom. The Morgan fingerprint density at radius 3 is 2.00 bits per heavy atom. The van der Waals surface area contributed by atoms with Gasteiger partial charge in [0, 0.05) is 18.7 Å². The molecule has 2 rings (SSSR count). The lowest BCUT2D eigenvalue weighted by atomic mass is 10.0. The van der Waals surface area contributed by atoms with Gasteiger partial charge in [0.25, 0.3) is 0 Å². The molecule has 4 heteroatoms. The largest absolute Gasteiger partial charge is 0.416 e. The van der Waals surface area contributed by atoms with Crippen molar-refractivity contribution in [3.8, 4) is 11.8 Å². The highest BCUT2D eigenvalue weighted by molar-refractivity contribution is 5.38. The number of benzene rings is 2. The molecule has 0 N–H and O–H groups in total. The zero-order valence-corrected chi connectivity index (χ0v) is 14.3. The molecule has 0 saturated carbocycles. The maximum Gasteiger partial charge on any atom is 0.416 e. The maximum absolute atomic E-state index is 12.8. The van der Waals surface area contributed by atoms with E-state index in [1.807, 2.05) is 35.2 Å². The molecule has 0 aliphatic heterocycles. The van der Waals surface area contributed by atoms with Crippen molar-refractivity contribution in [2.75, 3.05) is 13.1 Å². The van der Waals surface area contributed by atoms with Gasteiger partial charge in [0.15, 0.2) is 0 Å². The third kappa shape index (κ3) is 5.37. The van der Waals surface area contributed by atoms with Crippen LogP contribution in [0.4, 0.5) is 13.2 Å². The molecule has 0 aromatic heterocycles. The van der Waals surface area contributed by atoms with Crippen LogP contribution in [0.2, 0.25) is 0 Å². The van der Waals surface area contributed by atoms with Crippen LogP contribution in [0.3, 0.4) is 0 Å². The van der Waals surface area contributed by atoms with Crippen LogP contribution in [0.1, 0.15) is 22.7 Å². The summed E-state index contributed by atoms with van der Waals surface area (Å²) < 4.78 is 38.5. The van der Waals surface area contributed by atoms with E-state index in [2.05, 4.69) is 25.0 Å². The SMILES string of the molecule is C=CCN(CC=C)[C@@H](C#Cc1ccccc1)c1ccc(C(F)(F)F)cc1. The smallest absolute Gasteiger partial charge is 0.279 e. The van der Waals surface area contributed by atoms with Crippen molar-refractivity contribution >= 4 is 0 Å². The molecule has 0 fully saturated rings. The van der Waals surface area contributed by atoms with E-state index in [9.17, 15) is 13.2 Å². The van der Waals surface area contributed by atoms with Gasteiger partial charge in [-0.05, 0) is 29.8 Å². The summed E-state index contributed by atoms with van der Waals surface area (Å²) in [6, 6.07) is 14.2. The van der Waals surface area contributed by atoms with Crippen LogP contribution in [0, 0.1) is 11.8 Å². The summed E-state index contributed by atoms with van der Waals surface area (Å²) >= 11 is 0. The van der Waals surface area contributed by atoms with E-state index in [4.69, 9.17) is 0 Å². The Kier molecular flexibility index (Phi) is 6.82. The minimum Gasteiger partial charge on any atom is -0.279 e. The van der Waals surface area contributed by atoms with Crippen LogP contribution in [-0.2, 0) is 6.18 Å². The van der Waals surface area contributed by atoms with Gasteiger partial charge in [-0.25, -0.2) is 0 Å². The number of nitrogens with zero attached hydrogens (tertiary/aromatic N) is 1. The lowest BCUT2D eigenvalue weighted by Crippen LogP contribution is -2.28. The first-order valence-corrected chi connectivity index (χ1v) is 8.15. The first-order chi connectivity index (χ1) is 12.5. The molecule has 1 nitrogen and oxygen atoms in total. The molecular weight excluding hydrogens is 335 g/mol. The molecule has 0 radical (unpaired) electrons. The standard InChI is InChI=1S/C22H20F3N/c1-3-16-26(17-4-2)21(15-10-18-8-6-5-7-9-18)19-11-13-20(14-12-19)22(23,24)25/h3-9,11-14,21H,1-2,16-17H2/t21-/m0/s1. The number of hydrogen-bond acceptors (Lipinski definition) is 1. The van der Waals surface area contributed by atoms with E-state index in [1.165, 1.54) is 12.1 Å². The van der Waals surface area contributed by atoms with Crippen LogP contribution in [-0.4, -0.2) is 18.0 Å². The highest BCUT2D eigenvalue weighted by atomic mass is 19.4.